The summed E-state index contributed by atoms with van der Waals surface area (Å²) in [4.78, 5) is 11.7. The average Bonchev–Trinajstić information content (AvgIpc) is 2.49. The number of phenolic OH excluding ortho intramolecular Hbond substituents is 1. The molecule has 0 unspecified atom stereocenters. The topological polar surface area (TPSA) is 58.6 Å². The first-order chi connectivity index (χ1) is 10.0. The zero-order valence-electron chi connectivity index (χ0n) is 11.2. The molecule has 0 atom stereocenters. The molecule has 0 bridgehead atoms. The molecule has 0 radical (unpaired) electrons. The Morgan fingerprint density at radius 1 is 1.29 bits per heavy atom. The van der Waals surface area contributed by atoms with Gasteiger partial charge in [0.2, 0.25) is 0 Å². The van der Waals surface area contributed by atoms with E-state index in [0.717, 1.165) is 0 Å². The van der Waals surface area contributed by atoms with Crippen LogP contribution in [0, 0.1) is 0 Å². The van der Waals surface area contributed by atoms with E-state index in [2.05, 4.69) is 5.32 Å². The van der Waals surface area contributed by atoms with Crippen molar-refractivity contribution in [3.8, 4) is 5.75 Å². The Balaban J connectivity index is 2.23. The first-order valence-electron chi connectivity index (χ1n) is 6.11. The van der Waals surface area contributed by atoms with Crippen molar-refractivity contribution in [2.24, 2.45) is 0 Å². The molecule has 0 saturated carbocycles. The zero-order valence-corrected chi connectivity index (χ0v) is 12.7. The maximum atomic E-state index is 11.7. The normalized spacial score (nSPS) is 10.2. The molecule has 6 heteroatoms. The summed E-state index contributed by atoms with van der Waals surface area (Å²) in [5.41, 5.74) is 1.54. The number of rotatable bonds is 4. The molecule has 4 nitrogen and oxygen atoms in total. The maximum absolute atomic E-state index is 11.7. The van der Waals surface area contributed by atoms with Gasteiger partial charge in [-0.25, -0.2) is 4.79 Å². The number of aromatic hydroxyl groups is 1. The number of anilines is 1. The second-order valence-corrected chi connectivity index (χ2v) is 5.13. The van der Waals surface area contributed by atoms with Gasteiger partial charge in [0.1, 0.15) is 5.75 Å². The summed E-state index contributed by atoms with van der Waals surface area (Å²) >= 11 is 11.8. The Labute approximate surface area is 132 Å². The van der Waals surface area contributed by atoms with Gasteiger partial charge in [-0.05, 0) is 24.3 Å². The molecule has 2 aromatic rings. The van der Waals surface area contributed by atoms with Crippen molar-refractivity contribution in [2.45, 2.75) is 6.54 Å². The number of para-hydroxylation sites is 1. The summed E-state index contributed by atoms with van der Waals surface area (Å²) in [5, 5.41) is 13.6. The number of halogens is 2. The number of esters is 1. The van der Waals surface area contributed by atoms with Gasteiger partial charge in [-0.3, -0.25) is 0 Å². The molecule has 0 aliphatic carbocycles. The number of ether oxygens (including phenoxy) is 1. The second kappa shape index (κ2) is 6.70. The lowest BCUT2D eigenvalue weighted by molar-refractivity contribution is 0.0602. The number of hydrogen-bond acceptors (Lipinski definition) is 4. The van der Waals surface area contributed by atoms with Gasteiger partial charge in [-0.2, -0.15) is 0 Å². The number of carbonyl (C=O) groups excluding carboxylic acids is 1. The smallest absolute Gasteiger partial charge is 0.339 e. The monoisotopic (exact) mass is 325 g/mol. The van der Waals surface area contributed by atoms with Crippen LogP contribution in [0.25, 0.3) is 0 Å². The minimum absolute atomic E-state index is 0.0379. The molecule has 0 heterocycles. The van der Waals surface area contributed by atoms with Crippen molar-refractivity contribution >= 4 is 34.9 Å². The summed E-state index contributed by atoms with van der Waals surface area (Å²) in [5.74, 6) is -0.476. The summed E-state index contributed by atoms with van der Waals surface area (Å²) < 4.78 is 4.72. The van der Waals surface area contributed by atoms with Gasteiger partial charge in [0.25, 0.3) is 0 Å². The Kier molecular flexibility index (Phi) is 4.94. The van der Waals surface area contributed by atoms with Crippen molar-refractivity contribution in [1.82, 2.24) is 0 Å². The van der Waals surface area contributed by atoms with Crippen LogP contribution < -0.4 is 5.32 Å². The fraction of sp³-hybridized carbons (Fsp3) is 0.133. The predicted molar refractivity (Wildman–Crippen MR) is 83.2 cm³/mol. The lowest BCUT2D eigenvalue weighted by Gasteiger charge is -2.12. The number of hydrogen-bond donors (Lipinski definition) is 2. The molecule has 2 aromatic carbocycles. The van der Waals surface area contributed by atoms with Crippen molar-refractivity contribution in [2.75, 3.05) is 12.4 Å². The second-order valence-electron chi connectivity index (χ2n) is 4.29. The van der Waals surface area contributed by atoms with Gasteiger partial charge in [-0.15, -0.1) is 0 Å². The third-order valence-corrected chi connectivity index (χ3v) is 3.42. The number of nitrogens with one attached hydrogen (secondary N) is 1. The molecule has 21 heavy (non-hydrogen) atoms. The van der Waals surface area contributed by atoms with Crippen LogP contribution in [0.1, 0.15) is 15.9 Å². The van der Waals surface area contributed by atoms with Crippen molar-refractivity contribution in [3.63, 3.8) is 0 Å². The molecule has 0 aliphatic heterocycles. The van der Waals surface area contributed by atoms with E-state index in [9.17, 15) is 9.90 Å². The lowest BCUT2D eigenvalue weighted by atomic mass is 10.1. The van der Waals surface area contributed by atoms with Gasteiger partial charge < -0.3 is 15.2 Å². The van der Waals surface area contributed by atoms with E-state index in [0.29, 0.717) is 21.8 Å². The van der Waals surface area contributed by atoms with E-state index in [1.165, 1.54) is 13.2 Å². The van der Waals surface area contributed by atoms with Crippen molar-refractivity contribution in [1.29, 1.82) is 0 Å². The summed E-state index contributed by atoms with van der Waals surface area (Å²) in [6.45, 7) is 0.264. The van der Waals surface area contributed by atoms with Gasteiger partial charge in [-0.1, -0.05) is 35.3 Å². The Hall–Kier alpha value is -1.91. The van der Waals surface area contributed by atoms with Crippen LogP contribution in [0.5, 0.6) is 5.75 Å². The van der Waals surface area contributed by atoms with Crippen LogP contribution in [0.3, 0.4) is 0 Å². The predicted octanol–water partition coefficient (Wildman–Crippen LogP) is 4.10. The number of methoxy groups -OCH3 is 1. The Morgan fingerprint density at radius 3 is 2.71 bits per heavy atom. The standard InChI is InChI=1S/C15H13Cl2NO3/c1-21-15(20)11-4-2-3-5-13(11)18-8-9-6-10(16)7-12(17)14(9)19/h2-7,18-19H,8H2,1H3. The van der Waals surface area contributed by atoms with Crippen LogP contribution in [-0.2, 0) is 11.3 Å². The van der Waals surface area contributed by atoms with Crippen LogP contribution in [-0.4, -0.2) is 18.2 Å². The fourth-order valence-corrected chi connectivity index (χ4v) is 2.41. The maximum Gasteiger partial charge on any atom is 0.339 e. The van der Waals surface area contributed by atoms with Crippen LogP contribution in [0.2, 0.25) is 10.0 Å². The highest BCUT2D eigenvalue weighted by Gasteiger charge is 2.12. The van der Waals surface area contributed by atoms with E-state index in [-0.39, 0.29) is 17.3 Å². The van der Waals surface area contributed by atoms with Gasteiger partial charge in [0.05, 0.1) is 17.7 Å². The number of benzene rings is 2. The molecule has 0 amide bonds. The number of phenols is 1. The van der Waals surface area contributed by atoms with E-state index in [4.69, 9.17) is 27.9 Å². The highest BCUT2D eigenvalue weighted by atomic mass is 35.5. The van der Waals surface area contributed by atoms with Crippen LogP contribution >= 0.6 is 23.2 Å². The van der Waals surface area contributed by atoms with E-state index in [1.54, 1.807) is 30.3 Å². The Morgan fingerprint density at radius 2 is 2.00 bits per heavy atom. The molecule has 2 N–H and O–H groups in total. The van der Waals surface area contributed by atoms with Crippen molar-refractivity contribution < 1.29 is 14.6 Å². The molecular weight excluding hydrogens is 313 g/mol. The number of carbonyl (C=O) groups is 1. The molecule has 0 saturated heterocycles. The van der Waals surface area contributed by atoms with E-state index >= 15 is 0 Å². The minimum atomic E-state index is -0.438. The van der Waals surface area contributed by atoms with Gasteiger partial charge >= 0.3 is 5.97 Å². The molecule has 0 aromatic heterocycles. The lowest BCUT2D eigenvalue weighted by Crippen LogP contribution is -2.08. The fourth-order valence-electron chi connectivity index (χ4n) is 1.87. The highest BCUT2D eigenvalue weighted by molar-refractivity contribution is 6.35. The Bertz CT molecular complexity index is 674. The van der Waals surface area contributed by atoms with E-state index < -0.39 is 5.97 Å². The quantitative estimate of drug-likeness (QED) is 0.831. The molecular formula is C15H13Cl2NO3. The minimum Gasteiger partial charge on any atom is -0.506 e. The molecule has 110 valence electrons. The third-order valence-electron chi connectivity index (χ3n) is 2.91. The summed E-state index contributed by atoms with van der Waals surface area (Å²) in [6.07, 6.45) is 0. The largest absolute Gasteiger partial charge is 0.506 e. The average molecular weight is 326 g/mol. The molecule has 0 spiro atoms. The molecule has 0 aliphatic rings. The first kappa shape index (κ1) is 15.5. The molecule has 2 rings (SSSR count). The van der Waals surface area contributed by atoms with Gasteiger partial charge in [0, 0.05) is 22.8 Å². The summed E-state index contributed by atoms with van der Waals surface area (Å²) in [7, 11) is 1.32. The van der Waals surface area contributed by atoms with Crippen LogP contribution in [0.4, 0.5) is 5.69 Å². The van der Waals surface area contributed by atoms with Crippen molar-refractivity contribution in [3.05, 3.63) is 57.6 Å². The molecule has 0 fully saturated rings. The third kappa shape index (κ3) is 3.60. The van der Waals surface area contributed by atoms with Crippen LogP contribution in [0.15, 0.2) is 36.4 Å². The SMILES string of the molecule is COC(=O)c1ccccc1NCc1cc(Cl)cc(Cl)c1O. The summed E-state index contributed by atoms with van der Waals surface area (Å²) in [6, 6.07) is 10.0. The highest BCUT2D eigenvalue weighted by Crippen LogP contribution is 2.31. The first-order valence-corrected chi connectivity index (χ1v) is 6.86. The van der Waals surface area contributed by atoms with Gasteiger partial charge in [0.15, 0.2) is 0 Å². The van der Waals surface area contributed by atoms with E-state index in [1.807, 2.05) is 0 Å². The zero-order chi connectivity index (χ0) is 15.4.